The van der Waals surface area contributed by atoms with Crippen LogP contribution < -0.4 is 15.8 Å². The molecule has 0 unspecified atom stereocenters. The number of hydrogen-bond donors (Lipinski definition) is 2. The molecule has 2 aromatic rings. The molecule has 0 fully saturated rings. The van der Waals surface area contributed by atoms with Crippen molar-refractivity contribution in [1.82, 2.24) is 4.98 Å². The normalized spacial score (nSPS) is 11.1. The van der Waals surface area contributed by atoms with Crippen LogP contribution in [-0.2, 0) is 0 Å². The summed E-state index contributed by atoms with van der Waals surface area (Å²) in [6.07, 6.45) is -3.33. The van der Waals surface area contributed by atoms with Crippen molar-refractivity contribution >= 4 is 17.4 Å². The van der Waals surface area contributed by atoms with Gasteiger partial charge in [-0.2, -0.15) is 13.2 Å². The van der Waals surface area contributed by atoms with E-state index in [1.54, 1.807) is 0 Å². The van der Waals surface area contributed by atoms with Crippen molar-refractivity contribution < 1.29 is 27.1 Å². The van der Waals surface area contributed by atoms with Crippen LogP contribution in [0.5, 0.6) is 5.75 Å². The molecule has 1 amide bonds. The van der Waals surface area contributed by atoms with Crippen molar-refractivity contribution in [2.24, 2.45) is 0 Å². The third-order valence-electron chi connectivity index (χ3n) is 2.63. The van der Waals surface area contributed by atoms with Gasteiger partial charge in [-0.3, -0.25) is 4.79 Å². The number of nitrogens with one attached hydrogen (secondary N) is 1. The summed E-state index contributed by atoms with van der Waals surface area (Å²) in [5.74, 6) is -1.92. The summed E-state index contributed by atoms with van der Waals surface area (Å²) in [5.41, 5.74) is 5.64. The average molecular weight is 329 g/mol. The Morgan fingerprint density at radius 3 is 2.57 bits per heavy atom. The molecule has 5 nitrogen and oxygen atoms in total. The van der Waals surface area contributed by atoms with Crippen LogP contribution in [0.25, 0.3) is 0 Å². The number of nitrogens with zero attached hydrogens (tertiary/aromatic N) is 1. The highest BCUT2D eigenvalue weighted by Gasteiger charge is 2.29. The number of nitrogen functional groups attached to an aromatic ring is 1. The van der Waals surface area contributed by atoms with Crippen LogP contribution in [0.4, 0.5) is 29.1 Å². The van der Waals surface area contributed by atoms with Crippen LogP contribution >= 0.6 is 0 Å². The molecule has 1 aromatic carbocycles. The average Bonchev–Trinajstić information content (AvgIpc) is 2.46. The zero-order chi connectivity index (χ0) is 17.0. The molecular weight excluding hydrogens is 318 g/mol. The lowest BCUT2D eigenvalue weighted by molar-refractivity contribution is -0.153. The minimum absolute atomic E-state index is 0.0590. The summed E-state index contributed by atoms with van der Waals surface area (Å²) < 4.78 is 54.0. The minimum atomic E-state index is -4.57. The van der Waals surface area contributed by atoms with E-state index in [9.17, 15) is 22.4 Å². The van der Waals surface area contributed by atoms with Gasteiger partial charge in [0.1, 0.15) is 5.82 Å². The molecule has 0 saturated heterocycles. The Labute approximate surface area is 128 Å². The number of carbonyl (C=O) groups is 1. The van der Waals surface area contributed by atoms with Crippen LogP contribution in [0, 0.1) is 5.82 Å². The molecule has 0 bridgehead atoms. The van der Waals surface area contributed by atoms with Gasteiger partial charge in [-0.15, -0.1) is 0 Å². The van der Waals surface area contributed by atoms with E-state index < -0.39 is 30.3 Å². The van der Waals surface area contributed by atoms with Crippen LogP contribution in [0.15, 0.2) is 36.5 Å². The number of anilines is 2. The van der Waals surface area contributed by atoms with Gasteiger partial charge in [0.2, 0.25) is 0 Å². The Morgan fingerprint density at radius 2 is 2.00 bits per heavy atom. The SMILES string of the molecule is Nc1ccc(C(=O)Nc2ccc(OCC(F)(F)F)c(F)c2)cn1. The van der Waals surface area contributed by atoms with E-state index >= 15 is 0 Å². The lowest BCUT2D eigenvalue weighted by Gasteiger charge is -2.11. The Hall–Kier alpha value is -2.84. The number of benzene rings is 1. The van der Waals surface area contributed by atoms with E-state index in [4.69, 9.17) is 5.73 Å². The number of carbonyl (C=O) groups excluding carboxylic acids is 1. The minimum Gasteiger partial charge on any atom is -0.481 e. The number of aromatic nitrogens is 1. The molecule has 0 aliphatic heterocycles. The molecule has 0 saturated carbocycles. The van der Waals surface area contributed by atoms with Gasteiger partial charge in [-0.1, -0.05) is 0 Å². The van der Waals surface area contributed by atoms with E-state index in [1.165, 1.54) is 24.4 Å². The standard InChI is InChI=1S/C14H11F4N3O2/c15-10-5-9(2-3-11(10)23-7-14(16,17)18)21-13(22)8-1-4-12(19)20-6-8/h1-6H,7H2,(H2,19,20)(H,21,22). The summed E-state index contributed by atoms with van der Waals surface area (Å²) in [4.78, 5) is 15.6. The Kier molecular flexibility index (Phi) is 4.68. The van der Waals surface area contributed by atoms with Crippen molar-refractivity contribution in [3.8, 4) is 5.75 Å². The van der Waals surface area contributed by atoms with Gasteiger partial charge in [0.25, 0.3) is 5.91 Å². The van der Waals surface area contributed by atoms with Crippen molar-refractivity contribution in [3.05, 3.63) is 47.9 Å². The zero-order valence-electron chi connectivity index (χ0n) is 11.5. The lowest BCUT2D eigenvalue weighted by Crippen LogP contribution is -2.19. The number of pyridine rings is 1. The summed E-state index contributed by atoms with van der Waals surface area (Å²) in [5, 5.41) is 2.38. The van der Waals surface area contributed by atoms with Gasteiger partial charge in [0.05, 0.1) is 5.56 Å². The monoisotopic (exact) mass is 329 g/mol. The summed E-state index contributed by atoms with van der Waals surface area (Å²) in [6, 6.07) is 5.92. The highest BCUT2D eigenvalue weighted by Crippen LogP contribution is 2.24. The molecule has 0 radical (unpaired) electrons. The first-order valence-electron chi connectivity index (χ1n) is 6.26. The fourth-order valence-electron chi connectivity index (χ4n) is 1.60. The first kappa shape index (κ1) is 16.5. The second-order valence-electron chi connectivity index (χ2n) is 4.47. The highest BCUT2D eigenvalue weighted by molar-refractivity contribution is 6.04. The number of hydrogen-bond acceptors (Lipinski definition) is 4. The maximum absolute atomic E-state index is 13.7. The Morgan fingerprint density at radius 1 is 1.26 bits per heavy atom. The Bertz CT molecular complexity index is 702. The molecular formula is C14H11F4N3O2. The van der Waals surface area contributed by atoms with E-state index in [1.807, 2.05) is 0 Å². The fraction of sp³-hybridized carbons (Fsp3) is 0.143. The van der Waals surface area contributed by atoms with E-state index in [0.29, 0.717) is 0 Å². The maximum atomic E-state index is 13.7. The van der Waals surface area contributed by atoms with Gasteiger partial charge in [0.15, 0.2) is 18.2 Å². The third kappa shape index (κ3) is 4.83. The lowest BCUT2D eigenvalue weighted by atomic mass is 10.2. The van der Waals surface area contributed by atoms with Gasteiger partial charge in [-0.25, -0.2) is 9.37 Å². The van der Waals surface area contributed by atoms with Crippen molar-refractivity contribution in [3.63, 3.8) is 0 Å². The van der Waals surface area contributed by atoms with Gasteiger partial charge in [-0.05, 0) is 24.3 Å². The number of alkyl halides is 3. The molecule has 122 valence electrons. The summed E-state index contributed by atoms with van der Waals surface area (Å²) in [6.45, 7) is -1.60. The summed E-state index contributed by atoms with van der Waals surface area (Å²) >= 11 is 0. The quantitative estimate of drug-likeness (QED) is 0.846. The first-order chi connectivity index (χ1) is 10.7. The molecule has 1 aromatic heterocycles. The molecule has 0 aliphatic rings. The van der Waals surface area contributed by atoms with E-state index in [2.05, 4.69) is 15.0 Å². The van der Waals surface area contributed by atoms with Gasteiger partial charge < -0.3 is 15.8 Å². The zero-order valence-corrected chi connectivity index (χ0v) is 11.5. The largest absolute Gasteiger partial charge is 0.481 e. The molecule has 3 N–H and O–H groups in total. The first-order valence-corrected chi connectivity index (χ1v) is 6.26. The van der Waals surface area contributed by atoms with Crippen molar-refractivity contribution in [2.75, 3.05) is 17.7 Å². The van der Waals surface area contributed by atoms with Gasteiger partial charge in [0, 0.05) is 18.0 Å². The van der Waals surface area contributed by atoms with E-state index in [0.717, 1.165) is 12.1 Å². The molecule has 23 heavy (non-hydrogen) atoms. The smallest absolute Gasteiger partial charge is 0.422 e. The number of amides is 1. The van der Waals surface area contributed by atoms with Crippen LogP contribution in [-0.4, -0.2) is 23.7 Å². The predicted octanol–water partition coefficient (Wildman–Crippen LogP) is 3.00. The van der Waals surface area contributed by atoms with Crippen LogP contribution in [0.3, 0.4) is 0 Å². The van der Waals surface area contributed by atoms with Gasteiger partial charge >= 0.3 is 6.18 Å². The number of nitrogens with two attached hydrogens (primary N) is 1. The van der Waals surface area contributed by atoms with Crippen molar-refractivity contribution in [1.29, 1.82) is 0 Å². The molecule has 0 atom stereocenters. The molecule has 2 rings (SSSR count). The number of halogens is 4. The second-order valence-corrected chi connectivity index (χ2v) is 4.47. The van der Waals surface area contributed by atoms with E-state index in [-0.39, 0.29) is 17.1 Å². The second kappa shape index (κ2) is 6.51. The molecule has 9 heteroatoms. The number of ether oxygens (including phenoxy) is 1. The predicted molar refractivity (Wildman–Crippen MR) is 74.6 cm³/mol. The van der Waals surface area contributed by atoms with Crippen LogP contribution in [0.2, 0.25) is 0 Å². The topological polar surface area (TPSA) is 77.2 Å². The Balaban J connectivity index is 2.05. The summed E-state index contributed by atoms with van der Waals surface area (Å²) in [7, 11) is 0. The van der Waals surface area contributed by atoms with Crippen molar-refractivity contribution in [2.45, 2.75) is 6.18 Å². The van der Waals surface area contributed by atoms with Crippen LogP contribution in [0.1, 0.15) is 10.4 Å². The third-order valence-corrected chi connectivity index (χ3v) is 2.63. The molecule has 0 spiro atoms. The fourth-order valence-corrected chi connectivity index (χ4v) is 1.60. The molecule has 0 aliphatic carbocycles. The molecule has 1 heterocycles. The maximum Gasteiger partial charge on any atom is 0.422 e. The number of rotatable bonds is 4. The highest BCUT2D eigenvalue weighted by atomic mass is 19.4.